The average Bonchev–Trinajstić information content (AvgIpc) is 3.82. The highest BCUT2D eigenvalue weighted by Gasteiger charge is 2.44. The van der Waals surface area contributed by atoms with Gasteiger partial charge in [0.15, 0.2) is 23.2 Å². The molecule has 0 aliphatic carbocycles. The van der Waals surface area contributed by atoms with E-state index in [0.717, 1.165) is 11.1 Å². The van der Waals surface area contributed by atoms with Crippen LogP contribution in [0.3, 0.4) is 0 Å². The van der Waals surface area contributed by atoms with Crippen molar-refractivity contribution in [1.82, 2.24) is 24.8 Å². The topological polar surface area (TPSA) is 204 Å². The van der Waals surface area contributed by atoms with Gasteiger partial charge in [-0.3, -0.25) is 4.57 Å². The van der Waals surface area contributed by atoms with Crippen molar-refractivity contribution in [3.8, 4) is 0 Å². The second kappa shape index (κ2) is 16.3. The van der Waals surface area contributed by atoms with Gasteiger partial charge < -0.3 is 45.4 Å². The van der Waals surface area contributed by atoms with Crippen LogP contribution in [-0.2, 0) is 14.3 Å². The largest absolute Gasteiger partial charge is 0.490 e. The average molecular weight is 746 g/mol. The first-order valence-electron chi connectivity index (χ1n) is 16.8. The minimum atomic E-state index is -5.08. The maximum absolute atomic E-state index is 12.5. The summed E-state index contributed by atoms with van der Waals surface area (Å²) in [5.74, 6) is -1.85. The Hall–Kier alpha value is -5.04. The summed E-state index contributed by atoms with van der Waals surface area (Å²) in [6.45, 7) is 6.56. The number of aliphatic carboxylic acids is 1. The fraction of sp³-hybridized carbons (Fsp3) is 0.457. The number of aromatic nitrogens is 4. The number of alkyl carbamates (subject to hydrolysis) is 1. The minimum Gasteiger partial charge on any atom is -0.475 e. The number of carboxylic acid groups (broad SMARTS) is 1. The summed E-state index contributed by atoms with van der Waals surface area (Å²) in [4.78, 5) is 37.7. The molecule has 1 amide bonds. The molecule has 4 aromatic rings. The highest BCUT2D eigenvalue weighted by molar-refractivity contribution is 5.84. The van der Waals surface area contributed by atoms with E-state index < -0.39 is 55.0 Å². The third-order valence-electron chi connectivity index (χ3n) is 8.51. The molecule has 0 saturated carbocycles. The quantitative estimate of drug-likeness (QED) is 0.146. The first-order chi connectivity index (χ1) is 25.1. The third kappa shape index (κ3) is 9.69. The van der Waals surface area contributed by atoms with E-state index in [9.17, 15) is 33.3 Å². The van der Waals surface area contributed by atoms with Gasteiger partial charge >= 0.3 is 18.2 Å². The standard InChI is InChI=1S/C33H41N7O6.C2HF3O2/c1-33(2,3)46-32(44)36-22-14-15-39(17-22)31-37-28(34-16-23(20-10-6-4-7-11-20)21-12-8-5-9-13-21)25-29(38-31)40(19-35-25)30-27(43)26(42)24(18-41)45-30;3-2(4,5)1(6)7/h4-13,19,22-24,26-27,30,41-43H,14-18H2,1-3H3,(H,36,44)(H,34,37,38);(H,6,7)/t22-,24-,26-,27-,30-;/m1./s1. The van der Waals surface area contributed by atoms with Crippen molar-refractivity contribution in [2.24, 2.45) is 0 Å². The van der Waals surface area contributed by atoms with Crippen molar-refractivity contribution in [2.45, 2.75) is 75.5 Å². The first-order valence-corrected chi connectivity index (χ1v) is 16.8. The Kier molecular flexibility index (Phi) is 12.1. The molecule has 2 fully saturated rings. The second-order valence-corrected chi connectivity index (χ2v) is 13.6. The van der Waals surface area contributed by atoms with Crippen LogP contribution in [0.5, 0.6) is 0 Å². The van der Waals surface area contributed by atoms with Crippen LogP contribution in [0.4, 0.5) is 29.7 Å². The molecule has 2 saturated heterocycles. The number of halogens is 3. The van der Waals surface area contributed by atoms with Crippen molar-refractivity contribution in [2.75, 3.05) is 36.5 Å². The van der Waals surface area contributed by atoms with Gasteiger partial charge in [0.2, 0.25) is 5.95 Å². The zero-order chi connectivity index (χ0) is 38.5. The molecule has 0 radical (unpaired) electrons. The first kappa shape index (κ1) is 39.2. The number of hydrogen-bond acceptors (Lipinski definition) is 12. The Morgan fingerprint density at radius 1 is 1.00 bits per heavy atom. The van der Waals surface area contributed by atoms with Crippen LogP contribution in [0.15, 0.2) is 67.0 Å². The van der Waals surface area contributed by atoms with E-state index in [2.05, 4.69) is 39.9 Å². The Morgan fingerprint density at radius 3 is 2.13 bits per heavy atom. The number of nitrogens with one attached hydrogen (secondary N) is 2. The number of anilines is 2. The van der Waals surface area contributed by atoms with Gasteiger partial charge in [0.25, 0.3) is 0 Å². The summed E-state index contributed by atoms with van der Waals surface area (Å²) in [6, 6.07) is 20.3. The number of benzene rings is 2. The highest BCUT2D eigenvalue weighted by atomic mass is 19.4. The maximum Gasteiger partial charge on any atom is 0.490 e. The van der Waals surface area contributed by atoms with Crippen LogP contribution >= 0.6 is 0 Å². The van der Waals surface area contributed by atoms with E-state index >= 15 is 0 Å². The molecule has 2 aliphatic rings. The molecule has 286 valence electrons. The van der Waals surface area contributed by atoms with E-state index in [4.69, 9.17) is 29.3 Å². The van der Waals surface area contributed by atoms with Crippen LogP contribution in [0.2, 0.25) is 0 Å². The van der Waals surface area contributed by atoms with Crippen LogP contribution in [0.1, 0.15) is 50.5 Å². The predicted molar refractivity (Wildman–Crippen MR) is 185 cm³/mol. The molecule has 0 bridgehead atoms. The van der Waals surface area contributed by atoms with Crippen LogP contribution in [0.25, 0.3) is 11.2 Å². The molecule has 0 unspecified atom stereocenters. The monoisotopic (exact) mass is 745 g/mol. The van der Waals surface area contributed by atoms with Crippen LogP contribution in [-0.4, -0.2) is 114 Å². The zero-order valence-corrected chi connectivity index (χ0v) is 29.1. The van der Waals surface area contributed by atoms with Gasteiger partial charge in [-0.15, -0.1) is 0 Å². The number of hydrogen-bond donors (Lipinski definition) is 6. The number of carboxylic acids is 1. The smallest absolute Gasteiger partial charge is 0.475 e. The number of ether oxygens (including phenoxy) is 2. The Bertz CT molecular complexity index is 1800. The molecule has 4 heterocycles. The SMILES string of the molecule is CC(C)(C)OC(=O)N[C@@H]1CCN(c2nc(NCC(c3ccccc3)c3ccccc3)c3ncn([C@@H]4O[C@H](CO)[C@@H](O)[C@H]4O)c3n2)C1.O=C(O)C(F)(F)F. The van der Waals surface area contributed by atoms with Crippen molar-refractivity contribution in [3.05, 3.63) is 78.1 Å². The van der Waals surface area contributed by atoms with Gasteiger partial charge in [-0.05, 0) is 38.3 Å². The molecular formula is C35H42F3N7O8. The number of aliphatic hydroxyl groups excluding tert-OH is 3. The minimum absolute atomic E-state index is 0.00703. The van der Waals surface area contributed by atoms with Crippen molar-refractivity contribution < 1.29 is 52.7 Å². The number of fused-ring (bicyclic) bond motifs is 1. The normalized spacial score (nSPS) is 21.7. The summed E-state index contributed by atoms with van der Waals surface area (Å²) < 4.78 is 44.6. The van der Waals surface area contributed by atoms with Gasteiger partial charge in [0.1, 0.15) is 23.9 Å². The lowest BCUT2D eigenvalue weighted by atomic mass is 9.91. The van der Waals surface area contributed by atoms with E-state index in [1.54, 1.807) is 4.57 Å². The zero-order valence-electron chi connectivity index (χ0n) is 29.1. The highest BCUT2D eigenvalue weighted by Crippen LogP contribution is 2.34. The fourth-order valence-electron chi connectivity index (χ4n) is 6.00. The van der Waals surface area contributed by atoms with E-state index in [1.165, 1.54) is 6.33 Å². The molecule has 6 rings (SSSR count). The molecule has 0 spiro atoms. The van der Waals surface area contributed by atoms with Gasteiger partial charge in [-0.2, -0.15) is 23.1 Å². The lowest BCUT2D eigenvalue weighted by Crippen LogP contribution is -2.40. The fourth-order valence-corrected chi connectivity index (χ4v) is 6.00. The van der Waals surface area contributed by atoms with Crippen LogP contribution in [0, 0.1) is 0 Å². The number of aliphatic hydroxyl groups is 3. The van der Waals surface area contributed by atoms with E-state index in [-0.39, 0.29) is 12.0 Å². The van der Waals surface area contributed by atoms with Gasteiger partial charge in [0.05, 0.1) is 19.0 Å². The molecule has 2 aromatic carbocycles. The number of alkyl halides is 3. The van der Waals surface area contributed by atoms with Gasteiger partial charge in [0, 0.05) is 25.6 Å². The summed E-state index contributed by atoms with van der Waals surface area (Å²) >= 11 is 0. The number of rotatable bonds is 9. The van der Waals surface area contributed by atoms with Gasteiger partial charge in [-0.25, -0.2) is 14.6 Å². The van der Waals surface area contributed by atoms with Gasteiger partial charge in [-0.1, -0.05) is 60.7 Å². The number of imidazole rings is 1. The summed E-state index contributed by atoms with van der Waals surface area (Å²) in [5.41, 5.74) is 2.52. The summed E-state index contributed by atoms with van der Waals surface area (Å²) in [6.07, 6.45) is -7.95. The molecule has 5 atom stereocenters. The maximum atomic E-state index is 12.5. The molecule has 53 heavy (non-hydrogen) atoms. The van der Waals surface area contributed by atoms with Crippen molar-refractivity contribution >= 4 is 35.0 Å². The third-order valence-corrected chi connectivity index (χ3v) is 8.51. The summed E-state index contributed by atoms with van der Waals surface area (Å²) in [5, 5.41) is 44.5. The van der Waals surface area contributed by atoms with Crippen LogP contribution < -0.4 is 15.5 Å². The molecule has 18 heteroatoms. The molecule has 2 aromatic heterocycles. The number of carbonyl (C=O) groups excluding carboxylic acids is 1. The second-order valence-electron chi connectivity index (χ2n) is 13.6. The van der Waals surface area contributed by atoms with Crippen molar-refractivity contribution in [1.29, 1.82) is 0 Å². The van der Waals surface area contributed by atoms with Crippen molar-refractivity contribution in [3.63, 3.8) is 0 Å². The van der Waals surface area contributed by atoms with E-state index in [1.807, 2.05) is 62.1 Å². The molecular weight excluding hydrogens is 703 g/mol. The molecule has 15 nitrogen and oxygen atoms in total. The van der Waals surface area contributed by atoms with E-state index in [0.29, 0.717) is 49.0 Å². The molecule has 2 aliphatic heterocycles. The lowest BCUT2D eigenvalue weighted by Gasteiger charge is -2.23. The number of carbonyl (C=O) groups is 2. The Morgan fingerprint density at radius 2 is 1.60 bits per heavy atom. The number of amides is 1. The number of nitrogens with zero attached hydrogens (tertiary/aromatic N) is 5. The Labute approximate surface area is 302 Å². The predicted octanol–water partition coefficient (Wildman–Crippen LogP) is 3.42. The Balaban J connectivity index is 0.000000705. The summed E-state index contributed by atoms with van der Waals surface area (Å²) in [7, 11) is 0. The molecule has 6 N–H and O–H groups in total. The lowest BCUT2D eigenvalue weighted by molar-refractivity contribution is -0.192.